The monoisotopic (exact) mass is 446 g/mol. The number of hydrogen-bond donors (Lipinski definition) is 3. The standard InChI is InChI=1S/C21H30N6O3S/c1-4-17-20(23-13-15-9-7-11-27(15)5-2)26-21(18(25-17)19(22)28)24-14-8-6-10-16(12-14)31(3,29)30/h6,8,10,12,15H,4-5,7,9,11,13H2,1-3H3,(H2,22,28)(H2,23,24,26)/t15-/m1/s1. The van der Waals surface area contributed by atoms with E-state index in [1.54, 1.807) is 12.1 Å². The summed E-state index contributed by atoms with van der Waals surface area (Å²) < 4.78 is 23.7. The molecule has 1 aromatic heterocycles. The van der Waals surface area contributed by atoms with Crippen LogP contribution in [0.4, 0.5) is 17.3 Å². The Bertz CT molecular complexity index is 1060. The molecule has 1 aliphatic rings. The van der Waals surface area contributed by atoms with E-state index in [1.807, 2.05) is 6.92 Å². The van der Waals surface area contributed by atoms with E-state index in [-0.39, 0.29) is 16.4 Å². The van der Waals surface area contributed by atoms with Crippen LogP contribution in [-0.4, -0.2) is 61.1 Å². The Labute approximate surface area is 183 Å². The molecule has 9 nitrogen and oxygen atoms in total. The Balaban J connectivity index is 1.91. The van der Waals surface area contributed by atoms with Crippen LogP contribution in [0, 0.1) is 0 Å². The smallest absolute Gasteiger partial charge is 0.271 e. The van der Waals surface area contributed by atoms with Crippen molar-refractivity contribution in [2.75, 3.05) is 36.5 Å². The normalized spacial score (nSPS) is 16.9. The van der Waals surface area contributed by atoms with Gasteiger partial charge in [0.15, 0.2) is 21.3 Å². The Morgan fingerprint density at radius 3 is 2.68 bits per heavy atom. The first-order valence-electron chi connectivity index (χ1n) is 10.5. The third-order valence-corrected chi connectivity index (χ3v) is 6.58. The summed E-state index contributed by atoms with van der Waals surface area (Å²) in [7, 11) is -3.37. The number of anilines is 3. The van der Waals surface area contributed by atoms with Crippen molar-refractivity contribution in [1.29, 1.82) is 0 Å². The highest BCUT2D eigenvalue weighted by molar-refractivity contribution is 7.90. The highest BCUT2D eigenvalue weighted by Crippen LogP contribution is 2.25. The number of sulfone groups is 1. The van der Waals surface area contributed by atoms with Crippen LogP contribution in [0.5, 0.6) is 0 Å². The molecule has 4 N–H and O–H groups in total. The predicted octanol–water partition coefficient (Wildman–Crippen LogP) is 2.18. The van der Waals surface area contributed by atoms with E-state index >= 15 is 0 Å². The van der Waals surface area contributed by atoms with Crippen molar-refractivity contribution in [3.63, 3.8) is 0 Å². The molecule has 2 aromatic rings. The van der Waals surface area contributed by atoms with Crippen molar-refractivity contribution in [2.24, 2.45) is 5.73 Å². The molecule has 2 heterocycles. The molecule has 31 heavy (non-hydrogen) atoms. The Hall–Kier alpha value is -2.72. The number of likely N-dealkylation sites (tertiary alicyclic amines) is 1. The number of nitrogens with two attached hydrogens (primary N) is 1. The fourth-order valence-corrected chi connectivity index (χ4v) is 4.48. The summed E-state index contributed by atoms with van der Waals surface area (Å²) in [5.74, 6) is 0.0808. The maximum atomic E-state index is 12.0. The van der Waals surface area contributed by atoms with E-state index in [0.29, 0.717) is 29.7 Å². The van der Waals surface area contributed by atoms with E-state index in [2.05, 4.69) is 32.4 Å². The van der Waals surface area contributed by atoms with E-state index < -0.39 is 15.7 Å². The first kappa shape index (κ1) is 23.0. The zero-order valence-corrected chi connectivity index (χ0v) is 19.0. The Morgan fingerprint density at radius 2 is 2.03 bits per heavy atom. The van der Waals surface area contributed by atoms with E-state index in [1.165, 1.54) is 18.6 Å². The van der Waals surface area contributed by atoms with Crippen LogP contribution in [0.1, 0.15) is 42.9 Å². The van der Waals surface area contributed by atoms with Gasteiger partial charge in [-0.15, -0.1) is 0 Å². The molecule has 0 aliphatic carbocycles. The topological polar surface area (TPSA) is 130 Å². The minimum Gasteiger partial charge on any atom is -0.367 e. The fourth-order valence-electron chi connectivity index (χ4n) is 3.82. The molecule has 10 heteroatoms. The molecule has 0 radical (unpaired) electrons. The lowest BCUT2D eigenvalue weighted by Gasteiger charge is -2.24. The summed E-state index contributed by atoms with van der Waals surface area (Å²) >= 11 is 0. The highest BCUT2D eigenvalue weighted by Gasteiger charge is 2.24. The third kappa shape index (κ3) is 5.50. The molecule has 3 rings (SSSR count). The number of aryl methyl sites for hydroxylation is 1. The first-order chi connectivity index (χ1) is 14.7. The van der Waals surface area contributed by atoms with E-state index in [9.17, 15) is 13.2 Å². The first-order valence-corrected chi connectivity index (χ1v) is 12.4. The number of aromatic nitrogens is 2. The number of amides is 1. The summed E-state index contributed by atoms with van der Waals surface area (Å²) in [6.07, 6.45) is 4.03. The summed E-state index contributed by atoms with van der Waals surface area (Å²) in [6.45, 7) is 6.93. The van der Waals surface area contributed by atoms with Gasteiger partial charge < -0.3 is 16.4 Å². The Kier molecular flexibility index (Phi) is 7.11. The number of benzene rings is 1. The molecule has 168 valence electrons. The molecule has 1 aliphatic heterocycles. The average Bonchev–Trinajstić information content (AvgIpc) is 3.19. The summed E-state index contributed by atoms with van der Waals surface area (Å²) in [5.41, 5.74) is 6.70. The van der Waals surface area contributed by atoms with Crippen LogP contribution in [0.3, 0.4) is 0 Å². The maximum absolute atomic E-state index is 12.0. The van der Waals surface area contributed by atoms with Crippen molar-refractivity contribution in [2.45, 2.75) is 44.0 Å². The van der Waals surface area contributed by atoms with Crippen molar-refractivity contribution in [3.8, 4) is 0 Å². The zero-order chi connectivity index (χ0) is 22.6. The van der Waals surface area contributed by atoms with Gasteiger partial charge in [0.25, 0.3) is 5.91 Å². The molecule has 0 saturated carbocycles. The van der Waals surface area contributed by atoms with Gasteiger partial charge in [-0.2, -0.15) is 0 Å². The summed E-state index contributed by atoms with van der Waals surface area (Å²) in [6, 6.07) is 6.74. The van der Waals surface area contributed by atoms with Gasteiger partial charge in [0, 0.05) is 24.5 Å². The molecular weight excluding hydrogens is 416 g/mol. The number of carbonyl (C=O) groups excluding carboxylic acids is 1. The lowest BCUT2D eigenvalue weighted by Crippen LogP contribution is -2.35. The third-order valence-electron chi connectivity index (χ3n) is 5.47. The molecule has 0 spiro atoms. The van der Waals surface area contributed by atoms with Crippen LogP contribution in [0.2, 0.25) is 0 Å². The lowest BCUT2D eigenvalue weighted by atomic mass is 10.2. The molecule has 0 unspecified atom stereocenters. The number of nitrogens with one attached hydrogen (secondary N) is 2. The highest BCUT2D eigenvalue weighted by atomic mass is 32.2. The number of carbonyl (C=O) groups is 1. The molecule has 1 aromatic carbocycles. The number of primary amides is 1. The number of nitrogens with zero attached hydrogens (tertiary/aromatic N) is 3. The molecule has 1 saturated heterocycles. The van der Waals surface area contributed by atoms with Crippen molar-refractivity contribution in [1.82, 2.24) is 14.9 Å². The zero-order valence-electron chi connectivity index (χ0n) is 18.2. The van der Waals surface area contributed by atoms with Crippen LogP contribution in [0.15, 0.2) is 29.2 Å². The van der Waals surface area contributed by atoms with Gasteiger partial charge in [0.05, 0.1) is 10.6 Å². The minimum absolute atomic E-state index is 0.0169. The number of hydrogen-bond acceptors (Lipinski definition) is 8. The van der Waals surface area contributed by atoms with Gasteiger partial charge in [-0.3, -0.25) is 9.69 Å². The molecule has 0 bridgehead atoms. The van der Waals surface area contributed by atoms with Crippen LogP contribution >= 0.6 is 0 Å². The number of likely N-dealkylation sites (N-methyl/N-ethyl adjacent to an activating group) is 1. The summed E-state index contributed by atoms with van der Waals surface area (Å²) in [5, 5.41) is 6.41. The van der Waals surface area contributed by atoms with Gasteiger partial charge in [0.1, 0.15) is 5.82 Å². The summed E-state index contributed by atoms with van der Waals surface area (Å²) in [4.78, 5) is 23.7. The van der Waals surface area contributed by atoms with Crippen molar-refractivity contribution >= 4 is 33.1 Å². The van der Waals surface area contributed by atoms with Gasteiger partial charge in [-0.1, -0.05) is 19.9 Å². The van der Waals surface area contributed by atoms with Crippen LogP contribution in [0.25, 0.3) is 0 Å². The SMILES string of the molecule is CCc1nc(C(N)=O)c(Nc2cccc(S(C)(=O)=O)c2)nc1NC[C@H]1CCCN1CC. The molecular formula is C21H30N6O3S. The second-order valence-corrected chi connectivity index (χ2v) is 9.68. The lowest BCUT2D eigenvalue weighted by molar-refractivity contribution is 0.0996. The van der Waals surface area contributed by atoms with Gasteiger partial charge in [-0.25, -0.2) is 18.4 Å². The van der Waals surface area contributed by atoms with Gasteiger partial charge in [-0.05, 0) is 50.6 Å². The minimum atomic E-state index is -3.37. The molecule has 1 amide bonds. The van der Waals surface area contributed by atoms with Crippen LogP contribution < -0.4 is 16.4 Å². The maximum Gasteiger partial charge on any atom is 0.271 e. The average molecular weight is 447 g/mol. The Morgan fingerprint density at radius 1 is 1.26 bits per heavy atom. The quantitative estimate of drug-likeness (QED) is 0.534. The van der Waals surface area contributed by atoms with E-state index in [4.69, 9.17) is 5.73 Å². The van der Waals surface area contributed by atoms with Gasteiger partial charge in [0.2, 0.25) is 0 Å². The molecule has 1 atom stereocenters. The molecule has 1 fully saturated rings. The van der Waals surface area contributed by atoms with Crippen molar-refractivity contribution < 1.29 is 13.2 Å². The largest absolute Gasteiger partial charge is 0.367 e. The second-order valence-electron chi connectivity index (χ2n) is 7.66. The van der Waals surface area contributed by atoms with Crippen LogP contribution in [-0.2, 0) is 16.3 Å². The fraction of sp³-hybridized carbons (Fsp3) is 0.476. The number of rotatable bonds is 9. The second kappa shape index (κ2) is 9.61. The van der Waals surface area contributed by atoms with E-state index in [0.717, 1.165) is 32.3 Å². The van der Waals surface area contributed by atoms with Crippen molar-refractivity contribution in [3.05, 3.63) is 35.7 Å². The van der Waals surface area contributed by atoms with Gasteiger partial charge >= 0.3 is 0 Å². The predicted molar refractivity (Wildman–Crippen MR) is 122 cm³/mol.